The van der Waals surface area contributed by atoms with Crippen LogP contribution < -0.4 is 10.9 Å². The summed E-state index contributed by atoms with van der Waals surface area (Å²) in [6, 6.07) is 16.8. The van der Waals surface area contributed by atoms with Crippen LogP contribution in [0.3, 0.4) is 0 Å². The predicted octanol–water partition coefficient (Wildman–Crippen LogP) is 3.16. The summed E-state index contributed by atoms with van der Waals surface area (Å²) in [6.07, 6.45) is 0.756. The molecular weight excluding hydrogens is 340 g/mol. The molecule has 2 aromatic carbocycles. The second-order valence-corrected chi connectivity index (χ2v) is 6.55. The Morgan fingerprint density at radius 3 is 2.56 bits per heavy atom. The third-order valence-electron chi connectivity index (χ3n) is 4.57. The number of carbonyl (C=O) groups excluding carboxylic acids is 2. The van der Waals surface area contributed by atoms with Gasteiger partial charge in [0.1, 0.15) is 0 Å². The molecule has 0 fully saturated rings. The van der Waals surface area contributed by atoms with Crippen LogP contribution >= 0.6 is 0 Å². The monoisotopic (exact) mass is 362 g/mol. The Morgan fingerprint density at radius 1 is 1.00 bits per heavy atom. The minimum atomic E-state index is -0.186. The maximum atomic E-state index is 12.2. The van der Waals surface area contributed by atoms with E-state index in [2.05, 4.69) is 10.3 Å². The number of Topliss-reactive ketones (excluding diaryl/α,β-unsaturated/α-hetero) is 1. The minimum Gasteiger partial charge on any atom is -0.356 e. The molecule has 5 heteroatoms. The summed E-state index contributed by atoms with van der Waals surface area (Å²) in [7, 11) is 0. The predicted molar refractivity (Wildman–Crippen MR) is 106 cm³/mol. The molecule has 0 unspecified atom stereocenters. The van der Waals surface area contributed by atoms with Crippen LogP contribution in [0.15, 0.2) is 59.4 Å². The quantitative estimate of drug-likeness (QED) is 0.634. The summed E-state index contributed by atoms with van der Waals surface area (Å²) in [5.74, 6) is -0.219. The van der Waals surface area contributed by atoms with Gasteiger partial charge in [0.25, 0.3) is 5.56 Å². The Hall–Kier alpha value is -3.21. The Bertz CT molecular complexity index is 1040. The number of benzene rings is 2. The molecular formula is C22H22N2O3. The van der Waals surface area contributed by atoms with Gasteiger partial charge < -0.3 is 10.3 Å². The molecule has 0 bridgehead atoms. The normalized spacial score (nSPS) is 10.7. The van der Waals surface area contributed by atoms with E-state index in [4.69, 9.17) is 0 Å². The first-order valence-electron chi connectivity index (χ1n) is 9.01. The van der Waals surface area contributed by atoms with E-state index in [1.165, 1.54) is 0 Å². The molecule has 0 atom stereocenters. The zero-order chi connectivity index (χ0) is 19.2. The van der Waals surface area contributed by atoms with Gasteiger partial charge in [-0.3, -0.25) is 14.4 Å². The number of aryl methyl sites for hydroxylation is 1. The average molecular weight is 362 g/mol. The van der Waals surface area contributed by atoms with E-state index in [0.717, 1.165) is 16.5 Å². The number of H-pyrrole nitrogens is 1. The van der Waals surface area contributed by atoms with Crippen LogP contribution in [0.2, 0.25) is 0 Å². The van der Waals surface area contributed by atoms with E-state index in [0.29, 0.717) is 24.1 Å². The fourth-order valence-electron chi connectivity index (χ4n) is 3.05. The molecule has 0 saturated carbocycles. The number of para-hydroxylation sites is 1. The molecule has 0 aliphatic heterocycles. The summed E-state index contributed by atoms with van der Waals surface area (Å²) >= 11 is 0. The van der Waals surface area contributed by atoms with Crippen molar-refractivity contribution in [1.29, 1.82) is 0 Å². The van der Waals surface area contributed by atoms with Crippen molar-refractivity contribution in [3.63, 3.8) is 0 Å². The lowest BCUT2D eigenvalue weighted by atomic mass is 10.0. The van der Waals surface area contributed by atoms with E-state index in [1.54, 1.807) is 6.07 Å². The summed E-state index contributed by atoms with van der Waals surface area (Å²) in [4.78, 5) is 39.2. The van der Waals surface area contributed by atoms with Crippen molar-refractivity contribution in [3.05, 3.63) is 81.6 Å². The van der Waals surface area contributed by atoms with Crippen molar-refractivity contribution in [2.24, 2.45) is 0 Å². The lowest BCUT2D eigenvalue weighted by Gasteiger charge is -2.07. The lowest BCUT2D eigenvalue weighted by Crippen LogP contribution is -2.27. The van der Waals surface area contributed by atoms with Crippen LogP contribution in [0, 0.1) is 6.92 Å². The molecule has 138 valence electrons. The number of hydrogen-bond donors (Lipinski definition) is 2. The van der Waals surface area contributed by atoms with Gasteiger partial charge in [0.05, 0.1) is 0 Å². The van der Waals surface area contributed by atoms with Gasteiger partial charge in [-0.15, -0.1) is 0 Å². The van der Waals surface area contributed by atoms with Gasteiger partial charge in [-0.05, 0) is 36.4 Å². The second-order valence-electron chi connectivity index (χ2n) is 6.55. The van der Waals surface area contributed by atoms with Crippen molar-refractivity contribution >= 4 is 22.6 Å². The molecule has 0 aliphatic carbocycles. The highest BCUT2D eigenvalue weighted by Crippen LogP contribution is 2.11. The lowest BCUT2D eigenvalue weighted by molar-refractivity contribution is -0.121. The number of fused-ring (bicyclic) bond motifs is 1. The number of amides is 1. The third-order valence-corrected chi connectivity index (χ3v) is 4.57. The van der Waals surface area contributed by atoms with Gasteiger partial charge in [0.2, 0.25) is 5.91 Å². The van der Waals surface area contributed by atoms with E-state index in [1.807, 2.05) is 55.5 Å². The number of pyridine rings is 1. The molecule has 3 aromatic rings. The number of ketones is 1. The van der Waals surface area contributed by atoms with Crippen LogP contribution in [0.5, 0.6) is 0 Å². The molecule has 3 rings (SSSR count). The third kappa shape index (κ3) is 4.70. The van der Waals surface area contributed by atoms with Crippen molar-refractivity contribution in [2.75, 3.05) is 6.54 Å². The number of nitrogens with one attached hydrogen (secondary N) is 2. The summed E-state index contributed by atoms with van der Waals surface area (Å²) in [5.41, 5.74) is 2.86. The molecule has 27 heavy (non-hydrogen) atoms. The zero-order valence-electron chi connectivity index (χ0n) is 15.2. The highest BCUT2D eigenvalue weighted by Gasteiger charge is 2.11. The first-order chi connectivity index (χ1) is 13.0. The standard InChI is InChI=1S/C22H22N2O3/c1-15-6-2-4-8-18(15)20(25)10-11-21(26)23-13-12-17-14-16-7-3-5-9-19(16)24-22(17)27/h2-9,14H,10-13H2,1H3,(H,23,26)(H,24,27). The van der Waals surface area contributed by atoms with Gasteiger partial charge in [0.15, 0.2) is 5.78 Å². The van der Waals surface area contributed by atoms with Gasteiger partial charge in [0, 0.05) is 36.0 Å². The summed E-state index contributed by atoms with van der Waals surface area (Å²) in [5, 5.41) is 3.74. The Labute approximate surface area is 157 Å². The smallest absolute Gasteiger partial charge is 0.251 e. The van der Waals surface area contributed by atoms with Gasteiger partial charge in [-0.2, -0.15) is 0 Å². The number of rotatable bonds is 7. The molecule has 1 heterocycles. The fraction of sp³-hybridized carbons (Fsp3) is 0.227. The van der Waals surface area contributed by atoms with Crippen LogP contribution in [0.25, 0.3) is 10.9 Å². The van der Waals surface area contributed by atoms with Gasteiger partial charge >= 0.3 is 0 Å². The number of aromatic amines is 1. The molecule has 1 aromatic heterocycles. The zero-order valence-corrected chi connectivity index (χ0v) is 15.2. The SMILES string of the molecule is Cc1ccccc1C(=O)CCC(=O)NCCc1cc2ccccc2[nH]c1=O. The van der Waals surface area contributed by atoms with E-state index >= 15 is 0 Å². The van der Waals surface area contributed by atoms with Crippen molar-refractivity contribution in [1.82, 2.24) is 10.3 Å². The number of carbonyl (C=O) groups is 2. The molecule has 0 aliphatic rings. The van der Waals surface area contributed by atoms with Crippen LogP contribution in [-0.2, 0) is 11.2 Å². The van der Waals surface area contributed by atoms with Crippen molar-refractivity contribution in [3.8, 4) is 0 Å². The molecule has 2 N–H and O–H groups in total. The van der Waals surface area contributed by atoms with Crippen LogP contribution in [0.1, 0.15) is 34.3 Å². The summed E-state index contributed by atoms with van der Waals surface area (Å²) in [6.45, 7) is 2.24. The first-order valence-corrected chi connectivity index (χ1v) is 9.01. The second kappa shape index (κ2) is 8.45. The van der Waals surface area contributed by atoms with E-state index < -0.39 is 0 Å². The first kappa shape index (κ1) is 18.6. The van der Waals surface area contributed by atoms with E-state index in [9.17, 15) is 14.4 Å². The molecule has 1 amide bonds. The Kier molecular flexibility index (Phi) is 5.81. The Morgan fingerprint density at radius 2 is 1.74 bits per heavy atom. The van der Waals surface area contributed by atoms with Crippen LogP contribution in [0.4, 0.5) is 0 Å². The number of hydrogen-bond acceptors (Lipinski definition) is 3. The molecule has 5 nitrogen and oxygen atoms in total. The highest BCUT2D eigenvalue weighted by atomic mass is 16.2. The molecule has 0 radical (unpaired) electrons. The number of aromatic nitrogens is 1. The van der Waals surface area contributed by atoms with Gasteiger partial charge in [-0.1, -0.05) is 42.5 Å². The average Bonchev–Trinajstić information content (AvgIpc) is 2.67. The van der Waals surface area contributed by atoms with E-state index in [-0.39, 0.29) is 30.1 Å². The summed E-state index contributed by atoms with van der Waals surface area (Å²) < 4.78 is 0. The largest absolute Gasteiger partial charge is 0.356 e. The molecule has 0 saturated heterocycles. The van der Waals surface area contributed by atoms with Crippen molar-refractivity contribution < 1.29 is 9.59 Å². The maximum Gasteiger partial charge on any atom is 0.251 e. The molecule has 0 spiro atoms. The topological polar surface area (TPSA) is 79.0 Å². The maximum absolute atomic E-state index is 12.2. The minimum absolute atomic E-state index is 0.0331. The van der Waals surface area contributed by atoms with Crippen LogP contribution in [-0.4, -0.2) is 23.2 Å². The highest BCUT2D eigenvalue weighted by molar-refractivity contribution is 5.99. The fourth-order valence-corrected chi connectivity index (χ4v) is 3.05. The van der Waals surface area contributed by atoms with Gasteiger partial charge in [-0.25, -0.2) is 0 Å². The Balaban J connectivity index is 1.50. The van der Waals surface area contributed by atoms with Crippen molar-refractivity contribution in [2.45, 2.75) is 26.2 Å².